The summed E-state index contributed by atoms with van der Waals surface area (Å²) < 4.78 is 10.6. The van der Waals surface area contributed by atoms with E-state index in [-0.39, 0.29) is 6.04 Å². The Morgan fingerprint density at radius 3 is 2.83 bits per heavy atom. The molecule has 1 heterocycles. The lowest BCUT2D eigenvalue weighted by Gasteiger charge is -2.33. The molecule has 2 unspecified atom stereocenters. The Bertz CT molecular complexity index is 429. The zero-order valence-corrected chi connectivity index (χ0v) is 10.6. The zero-order chi connectivity index (χ0) is 12.5. The number of ether oxygens (including phenoxy) is 2. The minimum Gasteiger partial charge on any atom is -0.497 e. The standard InChI is InChI=1S/C14H19NO3/c1-17-11-3-2-10-8-13(14(16)12(10)9-11)15-4-6-18-7-5-15/h2-3,9,13-14,16H,4-8H2,1H3. The maximum Gasteiger partial charge on any atom is 0.119 e. The van der Waals surface area contributed by atoms with Crippen LogP contribution < -0.4 is 4.74 Å². The molecule has 4 nitrogen and oxygen atoms in total. The molecule has 2 aliphatic rings. The SMILES string of the molecule is COc1ccc2c(c1)C(O)C(N1CCOCC1)C2. The lowest BCUT2D eigenvalue weighted by molar-refractivity contribution is -0.0163. The van der Waals surface area contributed by atoms with Crippen LogP contribution in [0.1, 0.15) is 17.2 Å². The van der Waals surface area contributed by atoms with Crippen LogP contribution in [0.2, 0.25) is 0 Å². The highest BCUT2D eigenvalue weighted by atomic mass is 16.5. The molecule has 0 amide bonds. The summed E-state index contributed by atoms with van der Waals surface area (Å²) in [6.07, 6.45) is 0.508. The van der Waals surface area contributed by atoms with Gasteiger partial charge in [0.1, 0.15) is 5.75 Å². The van der Waals surface area contributed by atoms with Crippen LogP contribution in [-0.2, 0) is 11.2 Å². The van der Waals surface area contributed by atoms with E-state index in [0.717, 1.165) is 44.0 Å². The van der Waals surface area contributed by atoms with E-state index in [1.807, 2.05) is 12.1 Å². The molecule has 0 aromatic heterocycles. The van der Waals surface area contributed by atoms with Crippen molar-refractivity contribution in [2.75, 3.05) is 33.4 Å². The van der Waals surface area contributed by atoms with Gasteiger partial charge in [-0.1, -0.05) is 6.07 Å². The summed E-state index contributed by atoms with van der Waals surface area (Å²) in [5.74, 6) is 0.815. The van der Waals surface area contributed by atoms with Crippen molar-refractivity contribution in [3.05, 3.63) is 29.3 Å². The predicted molar refractivity (Wildman–Crippen MR) is 67.8 cm³/mol. The lowest BCUT2D eigenvalue weighted by atomic mass is 10.1. The maximum atomic E-state index is 10.5. The van der Waals surface area contributed by atoms with Gasteiger partial charge in [-0.2, -0.15) is 0 Å². The first-order valence-corrected chi connectivity index (χ1v) is 6.46. The Labute approximate surface area is 107 Å². The highest BCUT2D eigenvalue weighted by Gasteiger charge is 2.35. The van der Waals surface area contributed by atoms with Crippen LogP contribution in [0, 0.1) is 0 Å². The van der Waals surface area contributed by atoms with E-state index in [1.165, 1.54) is 5.56 Å². The van der Waals surface area contributed by atoms with Crippen LogP contribution in [0.25, 0.3) is 0 Å². The second-order valence-electron chi connectivity index (χ2n) is 4.93. The smallest absolute Gasteiger partial charge is 0.119 e. The molecule has 98 valence electrons. The molecule has 1 fully saturated rings. The molecule has 1 aromatic carbocycles. The van der Waals surface area contributed by atoms with Crippen molar-refractivity contribution >= 4 is 0 Å². The van der Waals surface area contributed by atoms with Gasteiger partial charge in [0, 0.05) is 19.1 Å². The first-order chi connectivity index (χ1) is 8.79. The average molecular weight is 249 g/mol. The number of rotatable bonds is 2. The van der Waals surface area contributed by atoms with Crippen LogP contribution in [0.5, 0.6) is 5.75 Å². The van der Waals surface area contributed by atoms with Crippen molar-refractivity contribution in [1.29, 1.82) is 0 Å². The van der Waals surface area contributed by atoms with Gasteiger partial charge >= 0.3 is 0 Å². The number of morpholine rings is 1. The molecule has 1 N–H and O–H groups in total. The van der Waals surface area contributed by atoms with Crippen molar-refractivity contribution in [2.45, 2.75) is 18.6 Å². The number of fused-ring (bicyclic) bond motifs is 1. The molecule has 1 aliphatic heterocycles. The normalized spacial score (nSPS) is 28.1. The zero-order valence-electron chi connectivity index (χ0n) is 10.6. The number of nitrogens with zero attached hydrogens (tertiary/aromatic N) is 1. The van der Waals surface area contributed by atoms with Gasteiger partial charge in [-0.3, -0.25) is 4.90 Å². The van der Waals surface area contributed by atoms with Gasteiger partial charge in [-0.05, 0) is 29.7 Å². The minimum atomic E-state index is -0.409. The third kappa shape index (κ3) is 2.00. The third-order valence-corrected chi connectivity index (χ3v) is 3.98. The monoisotopic (exact) mass is 249 g/mol. The maximum absolute atomic E-state index is 10.5. The van der Waals surface area contributed by atoms with E-state index >= 15 is 0 Å². The van der Waals surface area contributed by atoms with E-state index in [4.69, 9.17) is 9.47 Å². The van der Waals surface area contributed by atoms with Gasteiger partial charge in [0.05, 0.1) is 26.4 Å². The molecule has 1 aromatic rings. The quantitative estimate of drug-likeness (QED) is 0.848. The van der Waals surface area contributed by atoms with Crippen molar-refractivity contribution in [2.24, 2.45) is 0 Å². The van der Waals surface area contributed by atoms with Crippen LogP contribution >= 0.6 is 0 Å². The number of hydrogen-bond acceptors (Lipinski definition) is 4. The fourth-order valence-corrected chi connectivity index (χ4v) is 2.94. The number of methoxy groups -OCH3 is 1. The highest BCUT2D eigenvalue weighted by Crippen LogP contribution is 2.36. The number of benzene rings is 1. The average Bonchev–Trinajstić information content (AvgIpc) is 2.77. The first kappa shape index (κ1) is 12.0. The molecule has 4 heteroatoms. The molecular weight excluding hydrogens is 230 g/mol. The fourth-order valence-electron chi connectivity index (χ4n) is 2.94. The third-order valence-electron chi connectivity index (χ3n) is 3.98. The topological polar surface area (TPSA) is 41.9 Å². The minimum absolute atomic E-state index is 0.191. The van der Waals surface area contributed by atoms with Gasteiger partial charge < -0.3 is 14.6 Å². The second-order valence-corrected chi connectivity index (χ2v) is 4.93. The van der Waals surface area contributed by atoms with Gasteiger partial charge in [0.25, 0.3) is 0 Å². The van der Waals surface area contributed by atoms with Gasteiger partial charge in [-0.15, -0.1) is 0 Å². The van der Waals surface area contributed by atoms with Crippen molar-refractivity contribution in [1.82, 2.24) is 4.90 Å². The van der Waals surface area contributed by atoms with Crippen LogP contribution in [-0.4, -0.2) is 49.5 Å². The van der Waals surface area contributed by atoms with E-state index in [2.05, 4.69) is 11.0 Å². The summed E-state index contributed by atoms with van der Waals surface area (Å²) in [6.45, 7) is 3.35. The van der Waals surface area contributed by atoms with E-state index in [1.54, 1.807) is 7.11 Å². The van der Waals surface area contributed by atoms with E-state index < -0.39 is 6.10 Å². The van der Waals surface area contributed by atoms with Gasteiger partial charge in [0.15, 0.2) is 0 Å². The molecule has 1 saturated heterocycles. The fraction of sp³-hybridized carbons (Fsp3) is 0.571. The van der Waals surface area contributed by atoms with Crippen LogP contribution in [0.3, 0.4) is 0 Å². The number of aliphatic hydroxyl groups is 1. The molecule has 0 saturated carbocycles. The molecule has 0 spiro atoms. The Balaban J connectivity index is 1.81. The Kier molecular flexibility index (Phi) is 3.24. The molecule has 2 atom stereocenters. The van der Waals surface area contributed by atoms with Crippen molar-refractivity contribution in [3.8, 4) is 5.75 Å². The Hall–Kier alpha value is -1.10. The van der Waals surface area contributed by atoms with Crippen molar-refractivity contribution in [3.63, 3.8) is 0 Å². The molecule has 0 bridgehead atoms. The van der Waals surface area contributed by atoms with E-state index in [0.29, 0.717) is 0 Å². The number of hydrogen-bond donors (Lipinski definition) is 1. The summed E-state index contributed by atoms with van der Waals surface area (Å²) in [5, 5.41) is 10.5. The summed E-state index contributed by atoms with van der Waals surface area (Å²) >= 11 is 0. The Morgan fingerprint density at radius 2 is 2.11 bits per heavy atom. The summed E-state index contributed by atoms with van der Waals surface area (Å²) in [7, 11) is 1.66. The Morgan fingerprint density at radius 1 is 1.33 bits per heavy atom. The molecule has 0 radical (unpaired) electrons. The molecular formula is C14H19NO3. The summed E-state index contributed by atoms with van der Waals surface area (Å²) in [4.78, 5) is 2.33. The first-order valence-electron chi connectivity index (χ1n) is 6.46. The van der Waals surface area contributed by atoms with Gasteiger partial charge in [0.2, 0.25) is 0 Å². The second kappa shape index (κ2) is 4.88. The molecule has 1 aliphatic carbocycles. The highest BCUT2D eigenvalue weighted by molar-refractivity contribution is 5.41. The molecule has 18 heavy (non-hydrogen) atoms. The summed E-state index contributed by atoms with van der Waals surface area (Å²) in [6, 6.07) is 6.18. The predicted octanol–water partition coefficient (Wildman–Crippen LogP) is 0.985. The summed E-state index contributed by atoms with van der Waals surface area (Å²) in [5.41, 5.74) is 2.26. The molecule has 3 rings (SSSR count). The number of aliphatic hydroxyl groups excluding tert-OH is 1. The lowest BCUT2D eigenvalue weighted by Crippen LogP contribution is -2.45. The van der Waals surface area contributed by atoms with Crippen LogP contribution in [0.4, 0.5) is 0 Å². The van der Waals surface area contributed by atoms with E-state index in [9.17, 15) is 5.11 Å². The largest absolute Gasteiger partial charge is 0.497 e. The van der Waals surface area contributed by atoms with Crippen LogP contribution in [0.15, 0.2) is 18.2 Å². The van der Waals surface area contributed by atoms with Crippen molar-refractivity contribution < 1.29 is 14.6 Å². The van der Waals surface area contributed by atoms with Gasteiger partial charge in [-0.25, -0.2) is 0 Å².